The highest BCUT2D eigenvalue weighted by molar-refractivity contribution is 6.31. The van der Waals surface area contributed by atoms with Crippen molar-refractivity contribution in [1.82, 2.24) is 14.5 Å². The van der Waals surface area contributed by atoms with Crippen LogP contribution in [0.25, 0.3) is 11.0 Å². The number of halogens is 1. The Labute approximate surface area is 150 Å². The van der Waals surface area contributed by atoms with Crippen molar-refractivity contribution < 1.29 is 0 Å². The second-order valence-corrected chi connectivity index (χ2v) is 6.93. The molecule has 2 aromatic heterocycles. The third kappa shape index (κ3) is 3.00. The fraction of sp³-hybridized carbons (Fsp3) is 0.316. The molecular formula is C19H19ClN4O. The average Bonchev–Trinajstić information content (AvgIpc) is 3.12. The molecule has 5 nitrogen and oxygen atoms in total. The van der Waals surface area contributed by atoms with Gasteiger partial charge in [0, 0.05) is 23.3 Å². The quantitative estimate of drug-likeness (QED) is 0.746. The van der Waals surface area contributed by atoms with Crippen LogP contribution >= 0.6 is 11.6 Å². The van der Waals surface area contributed by atoms with E-state index in [9.17, 15) is 4.79 Å². The normalized spacial score (nSPS) is 15.0. The molecule has 2 heterocycles. The van der Waals surface area contributed by atoms with Gasteiger partial charge < -0.3 is 5.32 Å². The van der Waals surface area contributed by atoms with Gasteiger partial charge in [-0.3, -0.25) is 9.36 Å². The van der Waals surface area contributed by atoms with E-state index in [0.29, 0.717) is 11.6 Å². The maximum atomic E-state index is 12.6. The number of anilines is 2. The number of fused-ring (bicyclic) bond motifs is 1. The first kappa shape index (κ1) is 16.1. The molecule has 0 aliphatic heterocycles. The van der Waals surface area contributed by atoms with Crippen LogP contribution in [0.1, 0.15) is 37.3 Å². The molecule has 0 unspecified atom stereocenters. The van der Waals surface area contributed by atoms with Crippen LogP contribution in [0.5, 0.6) is 0 Å². The Morgan fingerprint density at radius 3 is 2.76 bits per heavy atom. The molecule has 4 rings (SSSR count). The fourth-order valence-electron chi connectivity index (χ4n) is 3.48. The SMILES string of the molecule is Cc1ccccc1Nc1ncc2cc(Cl)c(=O)n(C3CCCC3)c2n1. The second-order valence-electron chi connectivity index (χ2n) is 6.52. The van der Waals surface area contributed by atoms with Gasteiger partial charge in [0.05, 0.1) is 0 Å². The summed E-state index contributed by atoms with van der Waals surface area (Å²) in [5.74, 6) is 0.482. The summed E-state index contributed by atoms with van der Waals surface area (Å²) in [6.45, 7) is 2.03. The van der Waals surface area contributed by atoms with Gasteiger partial charge in [-0.15, -0.1) is 0 Å². The lowest BCUT2D eigenvalue weighted by molar-refractivity contribution is 0.516. The van der Waals surface area contributed by atoms with Crippen molar-refractivity contribution in [1.29, 1.82) is 0 Å². The Kier molecular flexibility index (Phi) is 4.17. The number of nitrogens with zero attached hydrogens (tertiary/aromatic N) is 3. The number of nitrogens with one attached hydrogen (secondary N) is 1. The van der Waals surface area contributed by atoms with E-state index in [-0.39, 0.29) is 16.6 Å². The number of pyridine rings is 1. The minimum atomic E-state index is -0.165. The Balaban J connectivity index is 1.84. The van der Waals surface area contributed by atoms with Gasteiger partial charge in [-0.2, -0.15) is 4.98 Å². The van der Waals surface area contributed by atoms with Crippen LogP contribution in [0.3, 0.4) is 0 Å². The summed E-state index contributed by atoms with van der Waals surface area (Å²) in [7, 11) is 0. The van der Waals surface area contributed by atoms with E-state index < -0.39 is 0 Å². The number of benzene rings is 1. The predicted molar refractivity (Wildman–Crippen MR) is 101 cm³/mol. The van der Waals surface area contributed by atoms with E-state index in [1.54, 1.807) is 16.8 Å². The number of aryl methyl sites for hydroxylation is 1. The van der Waals surface area contributed by atoms with Crippen LogP contribution in [0, 0.1) is 6.92 Å². The molecule has 25 heavy (non-hydrogen) atoms. The first-order chi connectivity index (χ1) is 12.1. The summed E-state index contributed by atoms with van der Waals surface area (Å²) >= 11 is 6.16. The van der Waals surface area contributed by atoms with Gasteiger partial charge in [-0.25, -0.2) is 4.98 Å². The molecule has 128 valence electrons. The van der Waals surface area contributed by atoms with Gasteiger partial charge in [-0.1, -0.05) is 42.6 Å². The highest BCUT2D eigenvalue weighted by atomic mass is 35.5. The van der Waals surface area contributed by atoms with Crippen molar-refractivity contribution >= 4 is 34.3 Å². The molecule has 1 aliphatic rings. The molecule has 0 atom stereocenters. The number of para-hydroxylation sites is 1. The average molecular weight is 355 g/mol. The minimum Gasteiger partial charge on any atom is -0.324 e. The van der Waals surface area contributed by atoms with E-state index in [2.05, 4.69) is 15.3 Å². The zero-order valence-corrected chi connectivity index (χ0v) is 14.8. The number of aromatic nitrogens is 3. The largest absolute Gasteiger partial charge is 0.324 e. The summed E-state index contributed by atoms with van der Waals surface area (Å²) in [5, 5.41) is 4.25. The Morgan fingerprint density at radius 2 is 2.00 bits per heavy atom. The molecule has 6 heteroatoms. The molecule has 0 radical (unpaired) electrons. The lowest BCUT2D eigenvalue weighted by Crippen LogP contribution is -2.25. The Hall–Kier alpha value is -2.40. The lowest BCUT2D eigenvalue weighted by atomic mass is 10.2. The summed E-state index contributed by atoms with van der Waals surface area (Å²) in [5.41, 5.74) is 2.54. The van der Waals surface area contributed by atoms with Crippen LogP contribution in [0.2, 0.25) is 5.02 Å². The topological polar surface area (TPSA) is 59.8 Å². The monoisotopic (exact) mass is 354 g/mol. The predicted octanol–water partition coefficient (Wildman–Crippen LogP) is 4.61. The van der Waals surface area contributed by atoms with Crippen molar-refractivity contribution in [3.8, 4) is 0 Å². The van der Waals surface area contributed by atoms with Crippen molar-refractivity contribution in [2.45, 2.75) is 38.6 Å². The summed E-state index contributed by atoms with van der Waals surface area (Å²) < 4.78 is 1.76. The number of hydrogen-bond acceptors (Lipinski definition) is 4. The van der Waals surface area contributed by atoms with E-state index in [1.165, 1.54) is 0 Å². The van der Waals surface area contributed by atoms with E-state index >= 15 is 0 Å². The van der Waals surface area contributed by atoms with Gasteiger partial charge in [0.2, 0.25) is 5.95 Å². The Bertz CT molecular complexity index is 992. The minimum absolute atomic E-state index is 0.162. The first-order valence-electron chi connectivity index (χ1n) is 8.54. The molecule has 1 aromatic carbocycles. The fourth-order valence-corrected chi connectivity index (χ4v) is 3.69. The molecule has 0 spiro atoms. The summed E-state index contributed by atoms with van der Waals surface area (Å²) in [6, 6.07) is 9.77. The van der Waals surface area contributed by atoms with Gasteiger partial charge in [0.15, 0.2) is 0 Å². The zero-order chi connectivity index (χ0) is 17.4. The highest BCUT2D eigenvalue weighted by Gasteiger charge is 2.22. The van der Waals surface area contributed by atoms with Crippen LogP contribution < -0.4 is 10.9 Å². The third-order valence-electron chi connectivity index (χ3n) is 4.81. The number of hydrogen-bond donors (Lipinski definition) is 1. The molecule has 3 aromatic rings. The molecule has 1 saturated carbocycles. The van der Waals surface area contributed by atoms with Crippen molar-refractivity contribution in [3.05, 3.63) is 57.5 Å². The molecule has 0 saturated heterocycles. The Morgan fingerprint density at radius 1 is 1.24 bits per heavy atom. The first-order valence-corrected chi connectivity index (χ1v) is 8.92. The van der Waals surface area contributed by atoms with Crippen LogP contribution in [0.15, 0.2) is 41.3 Å². The van der Waals surface area contributed by atoms with Gasteiger partial charge in [0.1, 0.15) is 10.7 Å². The molecule has 1 aliphatic carbocycles. The van der Waals surface area contributed by atoms with Crippen LogP contribution in [0.4, 0.5) is 11.6 Å². The maximum absolute atomic E-state index is 12.6. The molecular weight excluding hydrogens is 336 g/mol. The maximum Gasteiger partial charge on any atom is 0.271 e. The van der Waals surface area contributed by atoms with Crippen molar-refractivity contribution in [2.75, 3.05) is 5.32 Å². The standard InChI is InChI=1S/C19H19ClN4O/c1-12-6-2-5-9-16(12)22-19-21-11-13-10-15(20)18(25)24(17(13)23-19)14-7-3-4-8-14/h2,5-6,9-11,14H,3-4,7-8H2,1H3,(H,21,22,23). The van der Waals surface area contributed by atoms with Gasteiger partial charge >= 0.3 is 0 Å². The van der Waals surface area contributed by atoms with Crippen molar-refractivity contribution in [3.63, 3.8) is 0 Å². The van der Waals surface area contributed by atoms with Gasteiger partial charge in [-0.05, 0) is 37.5 Å². The third-order valence-corrected chi connectivity index (χ3v) is 5.08. The van der Waals surface area contributed by atoms with Crippen molar-refractivity contribution in [2.24, 2.45) is 0 Å². The zero-order valence-electron chi connectivity index (χ0n) is 14.0. The van der Waals surface area contributed by atoms with E-state index in [4.69, 9.17) is 11.6 Å². The van der Waals surface area contributed by atoms with Crippen LogP contribution in [-0.2, 0) is 0 Å². The van der Waals surface area contributed by atoms with Gasteiger partial charge in [0.25, 0.3) is 5.56 Å². The lowest BCUT2D eigenvalue weighted by Gasteiger charge is -2.17. The van der Waals surface area contributed by atoms with E-state index in [0.717, 1.165) is 42.3 Å². The molecule has 1 N–H and O–H groups in total. The summed E-state index contributed by atoms with van der Waals surface area (Å²) in [6.07, 6.45) is 5.95. The van der Waals surface area contributed by atoms with Crippen LogP contribution in [-0.4, -0.2) is 14.5 Å². The molecule has 1 fully saturated rings. The second kappa shape index (κ2) is 6.48. The van der Waals surface area contributed by atoms with E-state index in [1.807, 2.05) is 31.2 Å². The smallest absolute Gasteiger partial charge is 0.271 e. The number of rotatable bonds is 3. The molecule has 0 bridgehead atoms. The highest BCUT2D eigenvalue weighted by Crippen LogP contribution is 2.31. The summed E-state index contributed by atoms with van der Waals surface area (Å²) in [4.78, 5) is 21.7. The molecule has 0 amide bonds.